The Morgan fingerprint density at radius 3 is 2.65 bits per heavy atom. The zero-order valence-corrected chi connectivity index (χ0v) is 13.4. The summed E-state index contributed by atoms with van der Waals surface area (Å²) in [6.45, 7) is 0. The zero-order chi connectivity index (χ0) is 14.7. The van der Waals surface area contributed by atoms with Gasteiger partial charge in [-0.3, -0.25) is 4.79 Å². The summed E-state index contributed by atoms with van der Waals surface area (Å²) in [4.78, 5) is 18.1. The Hall–Kier alpha value is -1.59. The van der Waals surface area contributed by atoms with Gasteiger partial charge in [0.05, 0.1) is 10.7 Å². The van der Waals surface area contributed by atoms with Crippen LogP contribution in [0.5, 0.6) is 0 Å². The lowest BCUT2D eigenvalue weighted by molar-refractivity contribution is 0.102. The Bertz CT molecular complexity index is 646. The fourth-order valence-corrected chi connectivity index (χ4v) is 2.37. The van der Waals surface area contributed by atoms with Crippen LogP contribution in [0, 0.1) is 0 Å². The van der Waals surface area contributed by atoms with Crippen molar-refractivity contribution in [3.8, 4) is 0 Å². The van der Waals surface area contributed by atoms with Crippen LogP contribution in [0.4, 0.5) is 11.4 Å². The molecule has 0 saturated carbocycles. The summed E-state index contributed by atoms with van der Waals surface area (Å²) in [5, 5.41) is 3.35. The monoisotopic (exact) mass is 353 g/mol. The zero-order valence-electron chi connectivity index (χ0n) is 11.0. The average molecular weight is 355 g/mol. The second-order valence-electron chi connectivity index (χ2n) is 4.36. The molecule has 0 aliphatic rings. The van der Waals surface area contributed by atoms with Gasteiger partial charge < -0.3 is 10.2 Å². The molecule has 0 aliphatic heterocycles. The van der Waals surface area contributed by atoms with E-state index in [-0.39, 0.29) is 5.91 Å². The number of carbonyl (C=O) groups excluding carboxylic acids is 1. The van der Waals surface area contributed by atoms with Crippen molar-refractivity contribution >= 4 is 44.8 Å². The molecule has 0 unspecified atom stereocenters. The van der Waals surface area contributed by atoms with Gasteiger partial charge in [-0.2, -0.15) is 0 Å². The number of aromatic nitrogens is 1. The van der Waals surface area contributed by atoms with Crippen molar-refractivity contribution in [1.82, 2.24) is 4.98 Å². The van der Waals surface area contributed by atoms with E-state index in [4.69, 9.17) is 11.6 Å². The lowest BCUT2D eigenvalue weighted by Gasteiger charge is -2.15. The molecule has 0 atom stereocenters. The molecule has 20 heavy (non-hydrogen) atoms. The molecule has 1 aromatic heterocycles. The summed E-state index contributed by atoms with van der Waals surface area (Å²) in [6.07, 6.45) is 0. The lowest BCUT2D eigenvalue weighted by atomic mass is 10.2. The highest BCUT2D eigenvalue weighted by Crippen LogP contribution is 2.27. The molecule has 1 heterocycles. The molecular formula is C14H13BrClN3O. The van der Waals surface area contributed by atoms with Crippen LogP contribution < -0.4 is 10.2 Å². The van der Waals surface area contributed by atoms with Gasteiger partial charge in [0.1, 0.15) is 10.3 Å². The van der Waals surface area contributed by atoms with Gasteiger partial charge >= 0.3 is 0 Å². The molecule has 0 aliphatic carbocycles. The Morgan fingerprint density at radius 1 is 1.30 bits per heavy atom. The van der Waals surface area contributed by atoms with Crippen LogP contribution >= 0.6 is 27.5 Å². The van der Waals surface area contributed by atoms with Crippen molar-refractivity contribution in [2.24, 2.45) is 0 Å². The van der Waals surface area contributed by atoms with Gasteiger partial charge in [-0.25, -0.2) is 4.98 Å². The Balaban J connectivity index is 2.18. The van der Waals surface area contributed by atoms with Crippen molar-refractivity contribution in [1.29, 1.82) is 0 Å². The summed E-state index contributed by atoms with van der Waals surface area (Å²) < 4.78 is 0.617. The van der Waals surface area contributed by atoms with Crippen LogP contribution in [0.1, 0.15) is 10.5 Å². The largest absolute Gasteiger partial charge is 0.376 e. The van der Waals surface area contributed by atoms with Crippen LogP contribution in [0.15, 0.2) is 41.0 Å². The Morgan fingerprint density at radius 2 is 2.05 bits per heavy atom. The summed E-state index contributed by atoms with van der Waals surface area (Å²) in [6, 6.07) is 10.5. The van der Waals surface area contributed by atoms with Gasteiger partial charge in [-0.15, -0.1) is 0 Å². The first-order valence-corrected chi connectivity index (χ1v) is 7.05. The predicted molar refractivity (Wildman–Crippen MR) is 85.7 cm³/mol. The fraction of sp³-hybridized carbons (Fsp3) is 0.143. The van der Waals surface area contributed by atoms with Gasteiger partial charge in [-0.1, -0.05) is 17.7 Å². The molecular weight excluding hydrogens is 342 g/mol. The molecule has 1 amide bonds. The minimum Gasteiger partial charge on any atom is -0.376 e. The second kappa shape index (κ2) is 6.24. The summed E-state index contributed by atoms with van der Waals surface area (Å²) in [5.74, 6) is -0.278. The fourth-order valence-electron chi connectivity index (χ4n) is 1.68. The minimum absolute atomic E-state index is 0.278. The number of anilines is 2. The molecule has 2 rings (SSSR count). The Labute approximate surface area is 130 Å². The first kappa shape index (κ1) is 14.8. The number of hydrogen-bond acceptors (Lipinski definition) is 3. The number of rotatable bonds is 3. The van der Waals surface area contributed by atoms with Crippen molar-refractivity contribution in [2.75, 3.05) is 24.3 Å². The highest BCUT2D eigenvalue weighted by atomic mass is 79.9. The molecule has 6 heteroatoms. The van der Waals surface area contributed by atoms with Crippen molar-refractivity contribution < 1.29 is 4.79 Å². The molecule has 1 N–H and O–H groups in total. The molecule has 4 nitrogen and oxygen atoms in total. The van der Waals surface area contributed by atoms with Gasteiger partial charge in [0, 0.05) is 19.8 Å². The standard InChI is InChI=1S/C14H13BrClN3O/c1-19(2)12-7-6-9(8-10(12)16)17-14(20)11-4-3-5-13(15)18-11/h3-8H,1-2H3,(H,17,20). The van der Waals surface area contributed by atoms with Crippen molar-refractivity contribution in [2.45, 2.75) is 0 Å². The van der Waals surface area contributed by atoms with E-state index in [9.17, 15) is 4.79 Å². The van der Waals surface area contributed by atoms with E-state index in [1.54, 1.807) is 30.3 Å². The molecule has 0 bridgehead atoms. The van der Waals surface area contributed by atoms with Gasteiger partial charge in [0.2, 0.25) is 0 Å². The molecule has 1 aromatic carbocycles. The maximum absolute atomic E-state index is 12.0. The SMILES string of the molecule is CN(C)c1ccc(NC(=O)c2cccc(Br)n2)cc1Cl. The molecule has 104 valence electrons. The van der Waals surface area contributed by atoms with E-state index in [2.05, 4.69) is 26.2 Å². The smallest absolute Gasteiger partial charge is 0.274 e. The third-order valence-electron chi connectivity index (χ3n) is 2.64. The first-order chi connectivity index (χ1) is 9.47. The molecule has 2 aromatic rings. The number of nitrogens with zero attached hydrogens (tertiary/aromatic N) is 2. The minimum atomic E-state index is -0.278. The van der Waals surface area contributed by atoms with E-state index in [0.29, 0.717) is 21.0 Å². The van der Waals surface area contributed by atoms with Crippen molar-refractivity contribution in [3.63, 3.8) is 0 Å². The Kier molecular flexibility index (Phi) is 4.62. The quantitative estimate of drug-likeness (QED) is 0.852. The van der Waals surface area contributed by atoms with Gasteiger partial charge in [0.15, 0.2) is 0 Å². The summed E-state index contributed by atoms with van der Waals surface area (Å²) >= 11 is 9.40. The van der Waals surface area contributed by atoms with Crippen LogP contribution in [0.25, 0.3) is 0 Å². The topological polar surface area (TPSA) is 45.2 Å². The first-order valence-electron chi connectivity index (χ1n) is 5.88. The van der Waals surface area contributed by atoms with Gasteiger partial charge in [0.25, 0.3) is 5.91 Å². The molecule has 0 fully saturated rings. The second-order valence-corrected chi connectivity index (χ2v) is 5.58. The van der Waals surface area contributed by atoms with Crippen LogP contribution in [0.2, 0.25) is 5.02 Å². The van der Waals surface area contributed by atoms with E-state index in [0.717, 1.165) is 5.69 Å². The number of halogens is 2. The number of nitrogens with one attached hydrogen (secondary N) is 1. The summed E-state index contributed by atoms with van der Waals surface area (Å²) in [5.41, 5.74) is 1.87. The third-order valence-corrected chi connectivity index (χ3v) is 3.38. The predicted octanol–water partition coefficient (Wildman–Crippen LogP) is 3.82. The molecule has 0 spiro atoms. The van der Waals surface area contributed by atoms with Gasteiger partial charge in [-0.05, 0) is 46.3 Å². The maximum atomic E-state index is 12.0. The normalized spacial score (nSPS) is 10.2. The average Bonchev–Trinajstić information content (AvgIpc) is 2.38. The number of pyridine rings is 1. The third kappa shape index (κ3) is 3.49. The van der Waals surface area contributed by atoms with E-state index < -0.39 is 0 Å². The summed E-state index contributed by atoms with van der Waals surface area (Å²) in [7, 11) is 3.82. The van der Waals surface area contributed by atoms with Crippen molar-refractivity contribution in [3.05, 3.63) is 51.7 Å². The highest BCUT2D eigenvalue weighted by molar-refractivity contribution is 9.10. The van der Waals surface area contributed by atoms with E-state index in [1.807, 2.05) is 25.1 Å². The van der Waals surface area contributed by atoms with Crippen LogP contribution in [-0.4, -0.2) is 25.0 Å². The number of carbonyl (C=O) groups is 1. The maximum Gasteiger partial charge on any atom is 0.274 e. The number of hydrogen-bond donors (Lipinski definition) is 1. The molecule has 0 radical (unpaired) electrons. The number of benzene rings is 1. The number of amides is 1. The van der Waals surface area contributed by atoms with Crippen LogP contribution in [-0.2, 0) is 0 Å². The highest BCUT2D eigenvalue weighted by Gasteiger charge is 2.10. The molecule has 0 saturated heterocycles. The van der Waals surface area contributed by atoms with Crippen LogP contribution in [0.3, 0.4) is 0 Å². The van der Waals surface area contributed by atoms with E-state index >= 15 is 0 Å². The lowest BCUT2D eigenvalue weighted by Crippen LogP contribution is -2.14. The van der Waals surface area contributed by atoms with E-state index in [1.165, 1.54) is 0 Å².